The highest BCUT2D eigenvalue weighted by Crippen LogP contribution is 2.24. The van der Waals surface area contributed by atoms with Crippen molar-refractivity contribution in [2.24, 2.45) is 0 Å². The van der Waals surface area contributed by atoms with Crippen LogP contribution < -0.4 is 10.5 Å². The number of piperazine rings is 1. The molecule has 198 valence electrons. The van der Waals surface area contributed by atoms with Crippen molar-refractivity contribution in [3.63, 3.8) is 0 Å². The minimum atomic E-state index is -0.472. The number of hydrogen-bond donors (Lipinski definition) is 0. The van der Waals surface area contributed by atoms with Gasteiger partial charge >= 0.3 is 11.8 Å². The molecule has 1 aromatic heterocycles. The van der Waals surface area contributed by atoms with E-state index >= 15 is 0 Å². The summed E-state index contributed by atoms with van der Waals surface area (Å²) in [5.41, 5.74) is 1.99. The first-order valence-corrected chi connectivity index (χ1v) is 13.2. The van der Waals surface area contributed by atoms with Crippen LogP contribution in [-0.2, 0) is 16.1 Å². The van der Waals surface area contributed by atoms with Gasteiger partial charge in [0.25, 0.3) is 5.56 Å². The first-order valence-electron chi connectivity index (χ1n) is 12.8. The predicted molar refractivity (Wildman–Crippen MR) is 147 cm³/mol. The first-order chi connectivity index (χ1) is 18.4. The Balaban J connectivity index is 1.16. The molecule has 38 heavy (non-hydrogen) atoms. The van der Waals surface area contributed by atoms with Crippen LogP contribution in [0.5, 0.6) is 0 Å². The van der Waals surface area contributed by atoms with E-state index < -0.39 is 17.4 Å². The summed E-state index contributed by atoms with van der Waals surface area (Å²) in [6.07, 6.45) is 2.42. The normalized spacial score (nSPS) is 17.8. The van der Waals surface area contributed by atoms with Gasteiger partial charge in [-0.15, -0.1) is 0 Å². The molecule has 2 aliphatic rings. The molecule has 5 rings (SSSR count). The Hall–Kier alpha value is -3.69. The first kappa shape index (κ1) is 25.9. The number of rotatable bonds is 5. The molecule has 10 heteroatoms. The highest BCUT2D eigenvalue weighted by atomic mass is 35.5. The number of anilines is 1. The lowest BCUT2D eigenvalue weighted by Crippen LogP contribution is -2.53. The lowest BCUT2D eigenvalue weighted by atomic mass is 10.1. The maximum absolute atomic E-state index is 13.0. The van der Waals surface area contributed by atoms with Gasteiger partial charge in [-0.3, -0.25) is 19.3 Å². The van der Waals surface area contributed by atoms with Gasteiger partial charge in [0.2, 0.25) is 0 Å². The standard InChI is InChI=1S/C28H31ClN6O3/c1-31(19-21-8-4-2-5-9-21)23-12-13-34(20-23)28(38)27(37)33-16-14-32(15-17-33)24-18-30-35(26(36)25(24)29)22-10-6-3-7-11-22/h2-11,18,23H,12-17,19-20H2,1H3. The smallest absolute Gasteiger partial charge is 0.312 e. The largest absolute Gasteiger partial charge is 0.365 e. The fraction of sp³-hybridized carbons (Fsp3) is 0.357. The molecule has 2 saturated heterocycles. The van der Waals surface area contributed by atoms with Crippen LogP contribution in [0.1, 0.15) is 12.0 Å². The van der Waals surface area contributed by atoms with Gasteiger partial charge < -0.3 is 14.7 Å². The van der Waals surface area contributed by atoms with Crippen molar-refractivity contribution < 1.29 is 9.59 Å². The molecule has 0 saturated carbocycles. The highest BCUT2D eigenvalue weighted by molar-refractivity contribution is 6.35. The van der Waals surface area contributed by atoms with E-state index in [2.05, 4.69) is 29.2 Å². The molecule has 3 aromatic rings. The van der Waals surface area contributed by atoms with Crippen molar-refractivity contribution in [1.29, 1.82) is 0 Å². The molecule has 2 aliphatic heterocycles. The Morgan fingerprint density at radius 3 is 2.24 bits per heavy atom. The molecule has 0 aliphatic carbocycles. The summed E-state index contributed by atoms with van der Waals surface area (Å²) in [6, 6.07) is 19.5. The Morgan fingerprint density at radius 2 is 1.55 bits per heavy atom. The van der Waals surface area contributed by atoms with Crippen LogP contribution >= 0.6 is 11.6 Å². The van der Waals surface area contributed by atoms with Gasteiger partial charge in [0.1, 0.15) is 5.02 Å². The molecule has 0 bridgehead atoms. The fourth-order valence-corrected chi connectivity index (χ4v) is 5.35. The number of aromatic nitrogens is 2. The van der Waals surface area contributed by atoms with E-state index in [4.69, 9.17) is 11.6 Å². The SMILES string of the molecule is CN(Cc1ccccc1)C1CCN(C(=O)C(=O)N2CCN(c3cnn(-c4ccccc4)c(=O)c3Cl)CC2)C1. The summed E-state index contributed by atoms with van der Waals surface area (Å²) in [6.45, 7) is 3.58. The van der Waals surface area contributed by atoms with Crippen molar-refractivity contribution in [2.75, 3.05) is 51.2 Å². The zero-order valence-electron chi connectivity index (χ0n) is 21.4. The maximum atomic E-state index is 13.0. The van der Waals surface area contributed by atoms with Gasteiger partial charge in [-0.2, -0.15) is 9.78 Å². The number of carbonyl (C=O) groups excluding carboxylic acids is 2. The number of benzene rings is 2. The third-order valence-electron chi connectivity index (χ3n) is 7.34. The van der Waals surface area contributed by atoms with Gasteiger partial charge in [-0.05, 0) is 31.2 Å². The van der Waals surface area contributed by atoms with Gasteiger partial charge in [0.05, 0.1) is 17.6 Å². The zero-order chi connectivity index (χ0) is 26.6. The summed E-state index contributed by atoms with van der Waals surface area (Å²) in [7, 11) is 2.06. The van der Waals surface area contributed by atoms with Crippen LogP contribution in [0, 0.1) is 0 Å². The number of nitrogens with zero attached hydrogens (tertiary/aromatic N) is 6. The number of carbonyl (C=O) groups is 2. The number of amides is 2. The van der Waals surface area contributed by atoms with Gasteiger partial charge in [-0.25, -0.2) is 0 Å². The molecule has 2 aromatic carbocycles. The molecule has 1 atom stereocenters. The molecule has 9 nitrogen and oxygen atoms in total. The maximum Gasteiger partial charge on any atom is 0.312 e. The third kappa shape index (κ3) is 5.44. The number of para-hydroxylation sites is 1. The second-order valence-corrected chi connectivity index (χ2v) is 10.1. The van der Waals surface area contributed by atoms with Crippen molar-refractivity contribution >= 4 is 29.1 Å². The topological polar surface area (TPSA) is 82.0 Å². The average molecular weight is 535 g/mol. The molecule has 2 amide bonds. The van der Waals surface area contributed by atoms with E-state index in [9.17, 15) is 14.4 Å². The lowest BCUT2D eigenvalue weighted by molar-refractivity contribution is -0.151. The minimum Gasteiger partial charge on any atom is -0.365 e. The van der Waals surface area contributed by atoms with E-state index in [1.807, 2.05) is 41.3 Å². The lowest BCUT2D eigenvalue weighted by Gasteiger charge is -2.36. The Labute approximate surface area is 226 Å². The summed E-state index contributed by atoms with van der Waals surface area (Å²) in [5.74, 6) is -0.918. The summed E-state index contributed by atoms with van der Waals surface area (Å²) >= 11 is 6.45. The molecule has 0 spiro atoms. The van der Waals surface area contributed by atoms with Crippen molar-refractivity contribution in [3.05, 3.63) is 87.8 Å². The monoisotopic (exact) mass is 534 g/mol. The second kappa shape index (κ2) is 11.4. The predicted octanol–water partition coefficient (Wildman–Crippen LogP) is 2.27. The molecule has 2 fully saturated rings. The number of hydrogen-bond acceptors (Lipinski definition) is 6. The molecular weight excluding hydrogens is 504 g/mol. The third-order valence-corrected chi connectivity index (χ3v) is 7.70. The molecule has 0 N–H and O–H groups in total. The highest BCUT2D eigenvalue weighted by Gasteiger charge is 2.35. The van der Waals surface area contributed by atoms with Crippen molar-refractivity contribution in [3.8, 4) is 5.69 Å². The van der Waals surface area contributed by atoms with Crippen LogP contribution in [0.3, 0.4) is 0 Å². The van der Waals surface area contributed by atoms with E-state index in [1.54, 1.807) is 28.1 Å². The summed E-state index contributed by atoms with van der Waals surface area (Å²) in [4.78, 5) is 46.3. The minimum absolute atomic E-state index is 0.0856. The van der Waals surface area contributed by atoms with Crippen molar-refractivity contribution in [2.45, 2.75) is 19.0 Å². The van der Waals surface area contributed by atoms with Crippen LogP contribution in [0.2, 0.25) is 5.02 Å². The molecular formula is C28H31ClN6O3. The van der Waals surface area contributed by atoms with E-state index in [-0.39, 0.29) is 11.1 Å². The fourth-order valence-electron chi connectivity index (χ4n) is 5.11. The van der Waals surface area contributed by atoms with Crippen LogP contribution in [0.15, 0.2) is 71.7 Å². The number of likely N-dealkylation sites (tertiary alicyclic amines) is 1. The molecule has 1 unspecified atom stereocenters. The molecule has 0 radical (unpaired) electrons. The van der Waals surface area contributed by atoms with Crippen LogP contribution in [0.4, 0.5) is 5.69 Å². The van der Waals surface area contributed by atoms with E-state index in [0.29, 0.717) is 50.6 Å². The van der Waals surface area contributed by atoms with Crippen molar-refractivity contribution in [1.82, 2.24) is 24.5 Å². The summed E-state index contributed by atoms with van der Waals surface area (Å²) in [5, 5.41) is 4.39. The second-order valence-electron chi connectivity index (χ2n) is 9.77. The Kier molecular flexibility index (Phi) is 7.76. The average Bonchev–Trinajstić information content (AvgIpc) is 3.46. The van der Waals surface area contributed by atoms with Gasteiger partial charge in [0.15, 0.2) is 0 Å². The molecule has 3 heterocycles. The Bertz CT molecular complexity index is 1340. The van der Waals surface area contributed by atoms with Gasteiger partial charge in [-0.1, -0.05) is 60.1 Å². The number of halogens is 1. The van der Waals surface area contributed by atoms with E-state index in [1.165, 1.54) is 10.2 Å². The summed E-state index contributed by atoms with van der Waals surface area (Å²) < 4.78 is 1.27. The zero-order valence-corrected chi connectivity index (χ0v) is 22.1. The van der Waals surface area contributed by atoms with E-state index in [0.717, 1.165) is 13.0 Å². The quantitative estimate of drug-likeness (QED) is 0.467. The number of likely N-dealkylation sites (N-methyl/N-ethyl adjacent to an activating group) is 1. The van der Waals surface area contributed by atoms with Gasteiger partial charge in [0, 0.05) is 51.9 Å². The van der Waals surface area contributed by atoms with Crippen LogP contribution in [0.25, 0.3) is 5.69 Å². The van der Waals surface area contributed by atoms with Crippen LogP contribution in [-0.4, -0.2) is 88.7 Å². The Morgan fingerprint density at radius 1 is 0.921 bits per heavy atom.